The monoisotopic (exact) mass is 246 g/mol. The van der Waals surface area contributed by atoms with Gasteiger partial charge in [-0.3, -0.25) is 9.59 Å². The van der Waals surface area contributed by atoms with Crippen molar-refractivity contribution in [3.63, 3.8) is 0 Å². The zero-order valence-electron chi connectivity index (χ0n) is 10.6. The molecular weight excluding hydrogens is 228 g/mol. The molecule has 1 saturated heterocycles. The Hall–Kier alpha value is -1.84. The van der Waals surface area contributed by atoms with Crippen molar-refractivity contribution in [2.45, 2.75) is 26.2 Å². The predicted octanol–water partition coefficient (Wildman–Crippen LogP) is 1.95. The minimum absolute atomic E-state index is 0.0750. The highest BCUT2D eigenvalue weighted by Crippen LogP contribution is 2.21. The van der Waals surface area contributed by atoms with Crippen LogP contribution in [0.15, 0.2) is 24.3 Å². The van der Waals surface area contributed by atoms with Crippen LogP contribution in [0, 0.1) is 0 Å². The summed E-state index contributed by atoms with van der Waals surface area (Å²) in [6.45, 7) is 3.28. The van der Waals surface area contributed by atoms with E-state index in [1.165, 1.54) is 0 Å². The first-order valence-corrected chi connectivity index (χ1v) is 6.41. The Morgan fingerprint density at radius 3 is 2.61 bits per heavy atom. The Morgan fingerprint density at radius 2 is 2.00 bits per heavy atom. The van der Waals surface area contributed by atoms with Gasteiger partial charge in [0, 0.05) is 30.8 Å². The number of rotatable bonds is 3. The van der Waals surface area contributed by atoms with Crippen LogP contribution in [-0.4, -0.2) is 24.9 Å². The van der Waals surface area contributed by atoms with Gasteiger partial charge in [0.1, 0.15) is 0 Å². The topological polar surface area (TPSA) is 49.4 Å². The van der Waals surface area contributed by atoms with E-state index in [2.05, 4.69) is 5.32 Å². The number of benzene rings is 1. The highest BCUT2D eigenvalue weighted by atomic mass is 16.2. The maximum Gasteiger partial charge on any atom is 0.251 e. The standard InChI is InChI=1S/C14H18N2O2/c1-2-15-14(18)11-6-8-12(9-7-11)16-10-4-3-5-13(16)17/h6-9H,2-5,10H2,1H3,(H,15,18). The van der Waals surface area contributed by atoms with Crippen LogP contribution in [0.2, 0.25) is 0 Å². The van der Waals surface area contributed by atoms with E-state index in [1.54, 1.807) is 17.0 Å². The number of nitrogens with one attached hydrogen (secondary N) is 1. The van der Waals surface area contributed by atoms with Crippen LogP contribution in [0.4, 0.5) is 5.69 Å². The van der Waals surface area contributed by atoms with Gasteiger partial charge in [0.25, 0.3) is 5.91 Å². The number of amides is 2. The molecule has 96 valence electrons. The molecule has 0 aliphatic carbocycles. The van der Waals surface area contributed by atoms with Crippen LogP contribution < -0.4 is 10.2 Å². The summed E-state index contributed by atoms with van der Waals surface area (Å²) in [5.74, 6) is 0.0982. The van der Waals surface area contributed by atoms with Gasteiger partial charge in [-0.2, -0.15) is 0 Å². The predicted molar refractivity (Wildman–Crippen MR) is 70.7 cm³/mol. The average Bonchev–Trinajstić information content (AvgIpc) is 2.40. The number of carbonyl (C=O) groups excluding carboxylic acids is 2. The van der Waals surface area contributed by atoms with E-state index in [9.17, 15) is 9.59 Å². The first kappa shape index (κ1) is 12.6. The van der Waals surface area contributed by atoms with Crippen LogP contribution in [0.25, 0.3) is 0 Å². The molecule has 0 radical (unpaired) electrons. The van der Waals surface area contributed by atoms with Crippen molar-refractivity contribution in [3.8, 4) is 0 Å². The maximum absolute atomic E-state index is 11.8. The summed E-state index contributed by atoms with van der Waals surface area (Å²) in [6.07, 6.45) is 2.65. The van der Waals surface area contributed by atoms with Gasteiger partial charge in [-0.25, -0.2) is 0 Å². The molecular formula is C14H18N2O2. The molecule has 1 aliphatic heterocycles. The van der Waals surface area contributed by atoms with E-state index < -0.39 is 0 Å². The van der Waals surface area contributed by atoms with E-state index >= 15 is 0 Å². The van der Waals surface area contributed by atoms with Gasteiger partial charge in [0.2, 0.25) is 5.91 Å². The van der Waals surface area contributed by atoms with Crippen molar-refractivity contribution in [1.82, 2.24) is 5.32 Å². The van der Waals surface area contributed by atoms with Crippen LogP contribution in [0.1, 0.15) is 36.5 Å². The third kappa shape index (κ3) is 2.70. The second-order valence-electron chi connectivity index (χ2n) is 4.41. The van der Waals surface area contributed by atoms with E-state index in [0.717, 1.165) is 25.1 Å². The summed E-state index contributed by atoms with van der Waals surface area (Å²) in [5, 5.41) is 2.75. The molecule has 1 fully saturated rings. The van der Waals surface area contributed by atoms with Crippen molar-refractivity contribution in [2.24, 2.45) is 0 Å². The molecule has 2 amide bonds. The molecule has 1 aliphatic rings. The Kier molecular flexibility index (Phi) is 3.97. The molecule has 4 heteroatoms. The Labute approximate surface area is 107 Å². The van der Waals surface area contributed by atoms with Crippen molar-refractivity contribution in [1.29, 1.82) is 0 Å². The summed E-state index contributed by atoms with van der Waals surface area (Å²) in [6, 6.07) is 7.21. The summed E-state index contributed by atoms with van der Waals surface area (Å²) < 4.78 is 0. The van der Waals surface area contributed by atoms with E-state index in [-0.39, 0.29) is 11.8 Å². The van der Waals surface area contributed by atoms with Crippen molar-refractivity contribution in [2.75, 3.05) is 18.0 Å². The average molecular weight is 246 g/mol. The fraction of sp³-hybridized carbons (Fsp3) is 0.429. The second-order valence-corrected chi connectivity index (χ2v) is 4.41. The van der Waals surface area contributed by atoms with Gasteiger partial charge in [-0.1, -0.05) is 0 Å². The molecule has 0 bridgehead atoms. The molecule has 1 heterocycles. The van der Waals surface area contributed by atoms with Crippen LogP contribution in [-0.2, 0) is 4.79 Å². The Balaban J connectivity index is 2.11. The molecule has 2 rings (SSSR count). The van der Waals surface area contributed by atoms with Gasteiger partial charge in [0.15, 0.2) is 0 Å². The minimum Gasteiger partial charge on any atom is -0.352 e. The minimum atomic E-state index is -0.0750. The summed E-state index contributed by atoms with van der Waals surface area (Å²) in [4.78, 5) is 25.2. The SMILES string of the molecule is CCNC(=O)c1ccc(N2CCCCC2=O)cc1. The number of piperidine rings is 1. The summed E-state index contributed by atoms with van der Waals surface area (Å²) in [7, 11) is 0. The summed E-state index contributed by atoms with van der Waals surface area (Å²) in [5.41, 5.74) is 1.51. The quantitative estimate of drug-likeness (QED) is 0.886. The number of hydrogen-bond donors (Lipinski definition) is 1. The maximum atomic E-state index is 11.8. The molecule has 0 unspecified atom stereocenters. The number of nitrogens with zero attached hydrogens (tertiary/aromatic N) is 1. The van der Waals surface area contributed by atoms with Gasteiger partial charge >= 0.3 is 0 Å². The van der Waals surface area contributed by atoms with Crippen LogP contribution >= 0.6 is 0 Å². The van der Waals surface area contributed by atoms with Crippen molar-refractivity contribution < 1.29 is 9.59 Å². The molecule has 1 aromatic carbocycles. The van der Waals surface area contributed by atoms with E-state index in [0.29, 0.717) is 18.5 Å². The van der Waals surface area contributed by atoms with Crippen molar-refractivity contribution in [3.05, 3.63) is 29.8 Å². The number of hydrogen-bond acceptors (Lipinski definition) is 2. The molecule has 18 heavy (non-hydrogen) atoms. The Morgan fingerprint density at radius 1 is 1.28 bits per heavy atom. The molecule has 4 nitrogen and oxygen atoms in total. The van der Waals surface area contributed by atoms with E-state index in [1.807, 2.05) is 19.1 Å². The third-order valence-corrected chi connectivity index (χ3v) is 3.10. The highest BCUT2D eigenvalue weighted by Gasteiger charge is 2.19. The lowest BCUT2D eigenvalue weighted by Crippen LogP contribution is -2.35. The fourth-order valence-corrected chi connectivity index (χ4v) is 2.13. The van der Waals surface area contributed by atoms with Gasteiger partial charge in [-0.15, -0.1) is 0 Å². The van der Waals surface area contributed by atoms with Crippen LogP contribution in [0.5, 0.6) is 0 Å². The first-order chi connectivity index (χ1) is 8.72. The van der Waals surface area contributed by atoms with Gasteiger partial charge < -0.3 is 10.2 Å². The second kappa shape index (κ2) is 5.67. The zero-order valence-corrected chi connectivity index (χ0v) is 10.6. The zero-order chi connectivity index (χ0) is 13.0. The lowest BCUT2D eigenvalue weighted by atomic mass is 10.1. The fourth-order valence-electron chi connectivity index (χ4n) is 2.13. The number of carbonyl (C=O) groups is 2. The van der Waals surface area contributed by atoms with Gasteiger partial charge in [0.05, 0.1) is 0 Å². The largest absolute Gasteiger partial charge is 0.352 e. The number of anilines is 1. The Bertz CT molecular complexity index is 440. The molecule has 1 aromatic rings. The van der Waals surface area contributed by atoms with Crippen LogP contribution in [0.3, 0.4) is 0 Å². The summed E-state index contributed by atoms with van der Waals surface area (Å²) >= 11 is 0. The van der Waals surface area contributed by atoms with E-state index in [4.69, 9.17) is 0 Å². The first-order valence-electron chi connectivity index (χ1n) is 6.41. The normalized spacial score (nSPS) is 15.6. The van der Waals surface area contributed by atoms with Crippen molar-refractivity contribution >= 4 is 17.5 Å². The lowest BCUT2D eigenvalue weighted by Gasteiger charge is -2.26. The molecule has 0 saturated carbocycles. The smallest absolute Gasteiger partial charge is 0.251 e. The molecule has 1 N–H and O–H groups in total. The third-order valence-electron chi connectivity index (χ3n) is 3.10. The van der Waals surface area contributed by atoms with Gasteiger partial charge in [-0.05, 0) is 44.0 Å². The molecule has 0 atom stereocenters. The molecule has 0 aromatic heterocycles. The highest BCUT2D eigenvalue weighted by molar-refractivity contribution is 5.96. The lowest BCUT2D eigenvalue weighted by molar-refractivity contribution is -0.119. The molecule has 0 spiro atoms.